The van der Waals surface area contributed by atoms with Gasteiger partial charge < -0.3 is 29.3 Å². The number of benzene rings is 1. The lowest BCUT2D eigenvalue weighted by atomic mass is 9.74. The summed E-state index contributed by atoms with van der Waals surface area (Å²) >= 11 is 0. The molecule has 9 nitrogen and oxygen atoms in total. The molecule has 1 spiro atoms. The molecule has 0 saturated carbocycles. The minimum Gasteiger partial charge on any atom is -0.494 e. The highest BCUT2D eigenvalue weighted by molar-refractivity contribution is 6.04. The number of nitrogens with zero attached hydrogens (tertiary/aromatic N) is 3. The van der Waals surface area contributed by atoms with Crippen molar-refractivity contribution in [3.63, 3.8) is 0 Å². The summed E-state index contributed by atoms with van der Waals surface area (Å²) < 4.78 is 12.4. The van der Waals surface area contributed by atoms with Crippen LogP contribution in [-0.4, -0.2) is 89.3 Å². The van der Waals surface area contributed by atoms with E-state index < -0.39 is 29.1 Å². The van der Waals surface area contributed by atoms with Crippen LogP contribution >= 0.6 is 0 Å². The zero-order chi connectivity index (χ0) is 28.5. The molecular formula is C31H41N3O6. The van der Waals surface area contributed by atoms with Crippen LogP contribution in [0.3, 0.4) is 0 Å². The molecule has 216 valence electrons. The average molecular weight is 552 g/mol. The van der Waals surface area contributed by atoms with Crippen molar-refractivity contribution in [3.05, 3.63) is 48.6 Å². The SMILES string of the molecule is CCCCCN1CC=C[C@]23O[C@@]4(C)C=CCN(c5ccc(OCC)cc5)C(=O)[C@H]4[C@H]2C(=O)N(CCCO)C3C1=O. The second-order valence-electron chi connectivity index (χ2n) is 11.3. The molecule has 3 amide bonds. The van der Waals surface area contributed by atoms with Gasteiger partial charge in [0.2, 0.25) is 17.7 Å². The third-order valence-electron chi connectivity index (χ3n) is 8.69. The Bertz CT molecular complexity index is 1180. The van der Waals surface area contributed by atoms with E-state index in [-0.39, 0.29) is 30.9 Å². The number of rotatable bonds is 10. The standard InChI is InChI=1S/C31H41N3O6/c1-4-6-7-17-32-18-9-16-31-25(28(37)34(20-10-21-35)26(31)29(32)38)24-27(36)33(19-8-15-30(24,3)40-31)22-11-13-23(14-12-22)39-5-2/h8-9,11-16,24-26,35H,4-7,10,17-21H2,1-3H3/t24-,25+,26?,30+,31+/m1/s1. The number of likely N-dealkylation sites (tertiary alicyclic amines) is 1. The van der Waals surface area contributed by atoms with E-state index in [1.54, 1.807) is 14.7 Å². The molecule has 4 aliphatic rings. The van der Waals surface area contributed by atoms with Gasteiger partial charge in [-0.3, -0.25) is 14.4 Å². The first-order chi connectivity index (χ1) is 19.3. The van der Waals surface area contributed by atoms with Crippen molar-refractivity contribution >= 4 is 23.4 Å². The molecule has 4 aliphatic heterocycles. The zero-order valence-electron chi connectivity index (χ0n) is 23.8. The Morgan fingerprint density at radius 1 is 0.925 bits per heavy atom. The Hall–Kier alpha value is -3.17. The highest BCUT2D eigenvalue weighted by Gasteiger charge is 2.74. The Labute approximate surface area is 236 Å². The smallest absolute Gasteiger partial charge is 0.249 e. The summed E-state index contributed by atoms with van der Waals surface area (Å²) in [7, 11) is 0. The van der Waals surface area contributed by atoms with Gasteiger partial charge in [-0.2, -0.15) is 0 Å². The molecule has 1 unspecified atom stereocenters. The van der Waals surface area contributed by atoms with Crippen molar-refractivity contribution in [3.8, 4) is 5.75 Å². The van der Waals surface area contributed by atoms with Crippen LogP contribution in [0.15, 0.2) is 48.6 Å². The van der Waals surface area contributed by atoms with Gasteiger partial charge in [0.1, 0.15) is 17.4 Å². The van der Waals surface area contributed by atoms with E-state index in [2.05, 4.69) is 6.92 Å². The molecule has 0 radical (unpaired) electrons. The number of unbranched alkanes of at least 4 members (excludes halogenated alkanes) is 2. The predicted molar refractivity (Wildman–Crippen MR) is 151 cm³/mol. The summed E-state index contributed by atoms with van der Waals surface area (Å²) in [5.74, 6) is -1.60. The molecule has 1 N–H and O–H groups in total. The Morgan fingerprint density at radius 3 is 2.38 bits per heavy atom. The molecule has 0 aliphatic carbocycles. The first kappa shape index (κ1) is 28.4. The van der Waals surface area contributed by atoms with E-state index in [4.69, 9.17) is 9.47 Å². The number of aliphatic hydroxyl groups excluding tert-OH is 1. The molecule has 2 saturated heterocycles. The fourth-order valence-corrected chi connectivity index (χ4v) is 6.92. The lowest BCUT2D eigenvalue weighted by Crippen LogP contribution is -2.56. The van der Waals surface area contributed by atoms with Crippen LogP contribution in [0, 0.1) is 11.8 Å². The largest absolute Gasteiger partial charge is 0.494 e. The molecule has 5 atom stereocenters. The van der Waals surface area contributed by atoms with Gasteiger partial charge in [-0.1, -0.05) is 44.1 Å². The van der Waals surface area contributed by atoms with Gasteiger partial charge in [0.15, 0.2) is 0 Å². The summed E-state index contributed by atoms with van der Waals surface area (Å²) in [5.41, 5.74) is -1.64. The van der Waals surface area contributed by atoms with Gasteiger partial charge >= 0.3 is 0 Å². The van der Waals surface area contributed by atoms with Crippen LogP contribution < -0.4 is 9.64 Å². The van der Waals surface area contributed by atoms with E-state index in [1.807, 2.05) is 62.4 Å². The summed E-state index contributed by atoms with van der Waals surface area (Å²) in [6.07, 6.45) is 10.9. The van der Waals surface area contributed by atoms with Gasteiger partial charge in [-0.25, -0.2) is 0 Å². The topological polar surface area (TPSA) is 99.6 Å². The maximum atomic E-state index is 14.4. The average Bonchev–Trinajstić information content (AvgIpc) is 3.21. The number of amides is 3. The van der Waals surface area contributed by atoms with Gasteiger partial charge in [0.25, 0.3) is 0 Å². The quantitative estimate of drug-likeness (QED) is 0.355. The van der Waals surface area contributed by atoms with Crippen LogP contribution in [0.1, 0.15) is 46.5 Å². The molecule has 0 bridgehead atoms. The molecule has 1 aromatic carbocycles. The Morgan fingerprint density at radius 2 is 1.68 bits per heavy atom. The third kappa shape index (κ3) is 4.63. The fourth-order valence-electron chi connectivity index (χ4n) is 6.92. The molecular weight excluding hydrogens is 510 g/mol. The van der Waals surface area contributed by atoms with Gasteiger partial charge in [-0.15, -0.1) is 0 Å². The number of hydrogen-bond donors (Lipinski definition) is 1. The number of ether oxygens (including phenoxy) is 2. The summed E-state index contributed by atoms with van der Waals surface area (Å²) in [6.45, 7) is 7.93. The van der Waals surface area contributed by atoms with Crippen LogP contribution in [0.4, 0.5) is 5.69 Å². The molecule has 0 aromatic heterocycles. The highest BCUT2D eigenvalue weighted by atomic mass is 16.5. The van der Waals surface area contributed by atoms with Gasteiger partial charge in [-0.05, 0) is 51.0 Å². The number of aliphatic hydroxyl groups is 1. The fraction of sp³-hybridized carbons (Fsp3) is 0.581. The molecule has 9 heteroatoms. The Kier molecular flexibility index (Phi) is 8.06. The lowest BCUT2D eigenvalue weighted by molar-refractivity contribution is -0.151. The van der Waals surface area contributed by atoms with Crippen LogP contribution in [0.5, 0.6) is 5.75 Å². The summed E-state index contributed by atoms with van der Waals surface area (Å²) in [5, 5.41) is 9.59. The predicted octanol–water partition coefficient (Wildman–Crippen LogP) is 2.93. The van der Waals surface area contributed by atoms with Crippen molar-refractivity contribution in [2.24, 2.45) is 11.8 Å². The first-order valence-corrected chi connectivity index (χ1v) is 14.6. The minimum atomic E-state index is -1.27. The van der Waals surface area contributed by atoms with Crippen molar-refractivity contribution < 1.29 is 29.0 Å². The summed E-state index contributed by atoms with van der Waals surface area (Å²) in [4.78, 5) is 47.8. The highest BCUT2D eigenvalue weighted by Crippen LogP contribution is 2.57. The van der Waals surface area contributed by atoms with Crippen LogP contribution in [0.2, 0.25) is 0 Å². The molecule has 5 rings (SSSR count). The summed E-state index contributed by atoms with van der Waals surface area (Å²) in [6, 6.07) is 6.47. The maximum absolute atomic E-state index is 14.4. The Balaban J connectivity index is 1.54. The lowest BCUT2D eigenvalue weighted by Gasteiger charge is -2.37. The molecule has 2 fully saturated rings. The number of carbonyl (C=O) groups excluding carboxylic acids is 3. The number of carbonyl (C=O) groups is 3. The maximum Gasteiger partial charge on any atom is 0.249 e. The van der Waals surface area contributed by atoms with E-state index >= 15 is 0 Å². The van der Waals surface area contributed by atoms with Crippen molar-refractivity contribution in [1.29, 1.82) is 0 Å². The first-order valence-electron chi connectivity index (χ1n) is 14.6. The van der Waals surface area contributed by atoms with Crippen molar-refractivity contribution in [2.45, 2.75) is 63.7 Å². The van der Waals surface area contributed by atoms with Gasteiger partial charge in [0, 0.05) is 38.5 Å². The number of fused-ring (bicyclic) bond motifs is 2. The third-order valence-corrected chi connectivity index (χ3v) is 8.69. The van der Waals surface area contributed by atoms with E-state index in [0.29, 0.717) is 38.3 Å². The number of anilines is 1. The number of hydrogen-bond acceptors (Lipinski definition) is 6. The molecule has 40 heavy (non-hydrogen) atoms. The minimum absolute atomic E-state index is 0.104. The monoisotopic (exact) mass is 551 g/mol. The van der Waals surface area contributed by atoms with E-state index in [9.17, 15) is 19.5 Å². The second-order valence-corrected chi connectivity index (χ2v) is 11.3. The van der Waals surface area contributed by atoms with Crippen LogP contribution in [0.25, 0.3) is 0 Å². The van der Waals surface area contributed by atoms with Crippen LogP contribution in [-0.2, 0) is 19.1 Å². The molecule has 1 aromatic rings. The zero-order valence-corrected chi connectivity index (χ0v) is 23.8. The molecule has 4 heterocycles. The normalized spacial score (nSPS) is 31.2. The van der Waals surface area contributed by atoms with Crippen molar-refractivity contribution in [1.82, 2.24) is 9.80 Å². The van der Waals surface area contributed by atoms with E-state index in [1.165, 1.54) is 0 Å². The second kappa shape index (κ2) is 11.4. The van der Waals surface area contributed by atoms with Crippen molar-refractivity contribution in [2.75, 3.05) is 44.3 Å². The van der Waals surface area contributed by atoms with Gasteiger partial charge in [0.05, 0.1) is 24.0 Å². The van der Waals surface area contributed by atoms with E-state index in [0.717, 1.165) is 25.0 Å².